The monoisotopic (exact) mass is 388 g/mol. The molecule has 0 rings (SSSR count). The van der Waals surface area contributed by atoms with Crippen molar-refractivity contribution in [2.24, 2.45) is 17.6 Å². The number of hydrogen-bond acceptors (Lipinski definition) is 6. The lowest BCUT2D eigenvalue weighted by Crippen LogP contribution is -2.57. The van der Waals surface area contributed by atoms with Crippen molar-refractivity contribution in [3.05, 3.63) is 0 Å². The van der Waals surface area contributed by atoms with Gasteiger partial charge in [0.15, 0.2) is 6.04 Å². The number of aliphatic hydroxyl groups excluding tert-OH is 1. The van der Waals surface area contributed by atoms with Gasteiger partial charge < -0.3 is 31.9 Å². The van der Waals surface area contributed by atoms with Crippen LogP contribution in [0.15, 0.2) is 0 Å². The largest absolute Gasteiger partial charge is 0.480 e. The maximum Gasteiger partial charge on any atom is 0.328 e. The van der Waals surface area contributed by atoms with Crippen LogP contribution in [0.4, 0.5) is 0 Å². The Bertz CT molecular complexity index is 536. The fourth-order valence-electron chi connectivity index (χ4n) is 2.30. The van der Waals surface area contributed by atoms with Gasteiger partial charge in [-0.15, -0.1) is 0 Å². The summed E-state index contributed by atoms with van der Waals surface area (Å²) in [5, 5.41) is 25.5. The van der Waals surface area contributed by atoms with Crippen LogP contribution in [0.2, 0.25) is 0 Å². The zero-order valence-electron chi connectivity index (χ0n) is 16.5. The lowest BCUT2D eigenvalue weighted by Gasteiger charge is -2.25. The van der Waals surface area contributed by atoms with Crippen molar-refractivity contribution in [3.8, 4) is 0 Å². The number of amides is 3. The Morgan fingerprint density at radius 3 is 1.89 bits per heavy atom. The van der Waals surface area contributed by atoms with Crippen LogP contribution >= 0.6 is 0 Å². The molecule has 0 radical (unpaired) electrons. The first-order valence-corrected chi connectivity index (χ1v) is 8.90. The predicted octanol–water partition coefficient (Wildman–Crippen LogP) is -1.43. The van der Waals surface area contributed by atoms with Crippen LogP contribution in [0.3, 0.4) is 0 Å². The Morgan fingerprint density at radius 2 is 1.48 bits per heavy atom. The van der Waals surface area contributed by atoms with Gasteiger partial charge >= 0.3 is 5.97 Å². The minimum Gasteiger partial charge on any atom is -0.480 e. The number of carboxylic acids is 1. The summed E-state index contributed by atoms with van der Waals surface area (Å²) in [5.41, 5.74) is 5.73. The molecule has 0 bridgehead atoms. The van der Waals surface area contributed by atoms with Crippen LogP contribution in [0, 0.1) is 11.8 Å². The van der Waals surface area contributed by atoms with Gasteiger partial charge in [-0.3, -0.25) is 14.4 Å². The van der Waals surface area contributed by atoms with E-state index in [0.29, 0.717) is 6.42 Å². The molecule has 0 aliphatic rings. The van der Waals surface area contributed by atoms with Crippen molar-refractivity contribution in [1.82, 2.24) is 16.0 Å². The van der Waals surface area contributed by atoms with Crippen LogP contribution in [0.5, 0.6) is 0 Å². The highest BCUT2D eigenvalue weighted by Crippen LogP contribution is 2.04. The van der Waals surface area contributed by atoms with Crippen LogP contribution in [-0.2, 0) is 19.2 Å². The summed E-state index contributed by atoms with van der Waals surface area (Å²) in [5.74, 6) is -3.34. The zero-order valence-corrected chi connectivity index (χ0v) is 16.5. The third kappa shape index (κ3) is 9.34. The molecule has 0 spiro atoms. The van der Waals surface area contributed by atoms with Crippen molar-refractivity contribution in [3.63, 3.8) is 0 Å². The summed E-state index contributed by atoms with van der Waals surface area (Å²) >= 11 is 0. The third-order valence-corrected chi connectivity index (χ3v) is 3.80. The number of carbonyl (C=O) groups excluding carboxylic acids is 3. The molecule has 10 nitrogen and oxygen atoms in total. The molecular formula is C17H32N4O6. The Morgan fingerprint density at radius 1 is 0.926 bits per heavy atom. The molecule has 0 heterocycles. The SMILES string of the molecule is CC(C)CC(N)C(=O)NCC(=O)NC(C(=O)NC(C(=O)O)C(C)O)C(C)C. The highest BCUT2D eigenvalue weighted by molar-refractivity contribution is 5.92. The van der Waals surface area contributed by atoms with E-state index in [2.05, 4.69) is 16.0 Å². The van der Waals surface area contributed by atoms with Crippen molar-refractivity contribution in [1.29, 1.82) is 0 Å². The van der Waals surface area contributed by atoms with Crippen LogP contribution in [-0.4, -0.2) is 64.7 Å². The molecule has 10 heteroatoms. The number of hydrogen-bond donors (Lipinski definition) is 6. The molecule has 0 aromatic carbocycles. The van der Waals surface area contributed by atoms with Gasteiger partial charge in [0, 0.05) is 0 Å². The second-order valence-electron chi connectivity index (χ2n) is 7.31. The fourth-order valence-corrected chi connectivity index (χ4v) is 2.30. The number of rotatable bonds is 11. The average Bonchev–Trinajstić information content (AvgIpc) is 2.53. The molecule has 4 unspecified atom stereocenters. The van der Waals surface area contributed by atoms with Gasteiger partial charge in [-0.05, 0) is 25.2 Å². The highest BCUT2D eigenvalue weighted by atomic mass is 16.4. The predicted molar refractivity (Wildman–Crippen MR) is 98.5 cm³/mol. The quantitative estimate of drug-likeness (QED) is 0.252. The number of aliphatic carboxylic acids is 1. The topological polar surface area (TPSA) is 171 Å². The molecule has 4 atom stereocenters. The summed E-state index contributed by atoms with van der Waals surface area (Å²) in [4.78, 5) is 47.3. The fraction of sp³-hybridized carbons (Fsp3) is 0.765. The molecule has 0 aromatic rings. The Kier molecular flexibility index (Phi) is 10.6. The molecule has 7 N–H and O–H groups in total. The van der Waals surface area contributed by atoms with E-state index in [4.69, 9.17) is 10.8 Å². The molecular weight excluding hydrogens is 356 g/mol. The minimum atomic E-state index is -1.50. The van der Waals surface area contributed by atoms with E-state index in [9.17, 15) is 24.3 Å². The zero-order chi connectivity index (χ0) is 21.3. The lowest BCUT2D eigenvalue weighted by molar-refractivity contribution is -0.145. The van der Waals surface area contributed by atoms with E-state index in [0.717, 1.165) is 0 Å². The second-order valence-corrected chi connectivity index (χ2v) is 7.31. The van der Waals surface area contributed by atoms with E-state index < -0.39 is 47.9 Å². The molecule has 156 valence electrons. The summed E-state index contributed by atoms with van der Waals surface area (Å²) in [6, 6.07) is -3.26. The highest BCUT2D eigenvalue weighted by Gasteiger charge is 2.31. The maximum absolute atomic E-state index is 12.3. The molecule has 0 fully saturated rings. The standard InChI is InChI=1S/C17H32N4O6/c1-8(2)6-11(18)15(24)19-7-12(23)20-13(9(3)4)16(25)21-14(10(5)22)17(26)27/h8-11,13-14,22H,6-7,18H2,1-5H3,(H,19,24)(H,20,23)(H,21,25)(H,26,27). The molecule has 0 saturated heterocycles. The number of carbonyl (C=O) groups is 4. The Balaban J connectivity index is 4.77. The minimum absolute atomic E-state index is 0.227. The first-order valence-electron chi connectivity index (χ1n) is 8.90. The molecule has 0 aliphatic heterocycles. The molecule has 0 aromatic heterocycles. The van der Waals surface area contributed by atoms with Gasteiger partial charge in [0.05, 0.1) is 18.7 Å². The summed E-state index contributed by atoms with van der Waals surface area (Å²) in [6.45, 7) is 8.05. The number of carboxylic acid groups (broad SMARTS) is 1. The first kappa shape index (κ1) is 24.8. The van der Waals surface area contributed by atoms with Crippen molar-refractivity contribution in [2.75, 3.05) is 6.54 Å². The lowest BCUT2D eigenvalue weighted by atomic mass is 10.0. The van der Waals surface area contributed by atoms with Crippen molar-refractivity contribution in [2.45, 2.75) is 65.3 Å². The van der Waals surface area contributed by atoms with Crippen molar-refractivity contribution < 1.29 is 29.4 Å². The van der Waals surface area contributed by atoms with Gasteiger partial charge in [-0.1, -0.05) is 27.7 Å². The van der Waals surface area contributed by atoms with E-state index in [1.165, 1.54) is 6.92 Å². The van der Waals surface area contributed by atoms with Gasteiger partial charge in [0.2, 0.25) is 17.7 Å². The van der Waals surface area contributed by atoms with Crippen LogP contribution in [0.1, 0.15) is 41.0 Å². The normalized spacial score (nSPS) is 15.6. The van der Waals surface area contributed by atoms with Gasteiger partial charge in [-0.25, -0.2) is 4.79 Å². The second kappa shape index (κ2) is 11.5. The average molecular weight is 388 g/mol. The van der Waals surface area contributed by atoms with Gasteiger partial charge in [0.25, 0.3) is 0 Å². The molecule has 0 aliphatic carbocycles. The number of nitrogens with one attached hydrogen (secondary N) is 3. The Labute approximate surface area is 159 Å². The molecule has 3 amide bonds. The smallest absolute Gasteiger partial charge is 0.328 e. The van der Waals surface area contributed by atoms with E-state index in [1.54, 1.807) is 13.8 Å². The van der Waals surface area contributed by atoms with E-state index in [1.807, 2.05) is 13.8 Å². The van der Waals surface area contributed by atoms with E-state index in [-0.39, 0.29) is 18.4 Å². The third-order valence-electron chi connectivity index (χ3n) is 3.80. The summed E-state index contributed by atoms with van der Waals surface area (Å²) in [6.07, 6.45) is -0.836. The van der Waals surface area contributed by atoms with Gasteiger partial charge in [0.1, 0.15) is 6.04 Å². The number of nitrogens with two attached hydrogens (primary N) is 1. The van der Waals surface area contributed by atoms with Crippen LogP contribution < -0.4 is 21.7 Å². The molecule has 27 heavy (non-hydrogen) atoms. The summed E-state index contributed by atoms with van der Waals surface area (Å²) < 4.78 is 0. The van der Waals surface area contributed by atoms with Crippen molar-refractivity contribution >= 4 is 23.7 Å². The van der Waals surface area contributed by atoms with Crippen LogP contribution in [0.25, 0.3) is 0 Å². The number of aliphatic hydroxyl groups is 1. The maximum atomic E-state index is 12.3. The summed E-state index contributed by atoms with van der Waals surface area (Å²) in [7, 11) is 0. The molecule has 0 saturated carbocycles. The first-order chi connectivity index (χ1) is 12.4. The Hall–Kier alpha value is -2.20. The van der Waals surface area contributed by atoms with Gasteiger partial charge in [-0.2, -0.15) is 0 Å². The van der Waals surface area contributed by atoms with E-state index >= 15 is 0 Å².